The van der Waals surface area contributed by atoms with Crippen LogP contribution in [0, 0.1) is 0 Å². The van der Waals surface area contributed by atoms with Crippen LogP contribution in [-0.4, -0.2) is 49.2 Å². The molecule has 0 spiro atoms. The second-order valence-electron chi connectivity index (χ2n) is 4.89. The van der Waals surface area contributed by atoms with Crippen LogP contribution in [0.1, 0.15) is 32.6 Å². The molecular weight excluding hydrogens is 204 g/mol. The first kappa shape index (κ1) is 11.9. The highest BCUT2D eigenvalue weighted by Crippen LogP contribution is 2.21. The highest BCUT2D eigenvalue weighted by Gasteiger charge is 2.33. The van der Waals surface area contributed by atoms with Crippen LogP contribution >= 0.6 is 0 Å². The summed E-state index contributed by atoms with van der Waals surface area (Å²) in [6, 6.07) is 0.361. The molecule has 0 aromatic heterocycles. The predicted octanol–water partition coefficient (Wildman–Crippen LogP) is 0.764. The highest BCUT2D eigenvalue weighted by atomic mass is 16.5. The zero-order valence-electron chi connectivity index (χ0n) is 10.2. The Morgan fingerprint density at radius 1 is 1.44 bits per heavy atom. The largest absolute Gasteiger partial charge is 0.376 e. The van der Waals surface area contributed by atoms with Crippen LogP contribution in [0.4, 0.5) is 0 Å². The summed E-state index contributed by atoms with van der Waals surface area (Å²) in [5, 5.41) is 3.12. The minimum Gasteiger partial charge on any atom is -0.376 e. The highest BCUT2D eigenvalue weighted by molar-refractivity contribution is 5.82. The summed E-state index contributed by atoms with van der Waals surface area (Å²) >= 11 is 0. The van der Waals surface area contributed by atoms with Crippen LogP contribution in [0.25, 0.3) is 0 Å². The maximum absolute atomic E-state index is 12.3. The Hall–Kier alpha value is -0.610. The van der Waals surface area contributed by atoms with Gasteiger partial charge in [0.25, 0.3) is 0 Å². The molecular formula is C12H22N2O2. The first-order chi connectivity index (χ1) is 7.72. The molecule has 2 heterocycles. The number of ether oxygens (including phenoxy) is 1. The van der Waals surface area contributed by atoms with Crippen LogP contribution in [-0.2, 0) is 9.53 Å². The van der Waals surface area contributed by atoms with Gasteiger partial charge in [0.05, 0.1) is 12.1 Å². The van der Waals surface area contributed by atoms with Crippen molar-refractivity contribution in [2.45, 2.75) is 50.8 Å². The molecule has 0 bridgehead atoms. The first-order valence-corrected chi connectivity index (χ1v) is 6.31. The van der Waals surface area contributed by atoms with Gasteiger partial charge in [-0.25, -0.2) is 0 Å². The smallest absolute Gasteiger partial charge is 0.240 e. The van der Waals surface area contributed by atoms with Gasteiger partial charge in [0.15, 0.2) is 0 Å². The van der Waals surface area contributed by atoms with Crippen molar-refractivity contribution in [2.75, 3.05) is 20.2 Å². The van der Waals surface area contributed by atoms with E-state index in [2.05, 4.69) is 12.2 Å². The van der Waals surface area contributed by atoms with Crippen molar-refractivity contribution in [3.63, 3.8) is 0 Å². The fraction of sp³-hybridized carbons (Fsp3) is 0.917. The van der Waals surface area contributed by atoms with Gasteiger partial charge in [-0.05, 0) is 39.7 Å². The van der Waals surface area contributed by atoms with Gasteiger partial charge in [0, 0.05) is 19.2 Å². The standard InChI is InChI=1S/C12H22N2O2/c1-9-4-3-5-11(13-2)12(15)14(9)8-10-6-7-16-10/h9-11,13H,3-8H2,1-2H3. The topological polar surface area (TPSA) is 41.6 Å². The molecule has 3 unspecified atom stereocenters. The number of nitrogens with zero attached hydrogens (tertiary/aromatic N) is 1. The van der Waals surface area contributed by atoms with E-state index >= 15 is 0 Å². The van der Waals surface area contributed by atoms with Crippen molar-refractivity contribution in [1.82, 2.24) is 10.2 Å². The lowest BCUT2D eigenvalue weighted by atomic mass is 10.1. The maximum Gasteiger partial charge on any atom is 0.240 e. The van der Waals surface area contributed by atoms with Crippen molar-refractivity contribution in [3.8, 4) is 0 Å². The molecule has 2 fully saturated rings. The van der Waals surface area contributed by atoms with E-state index in [1.807, 2.05) is 11.9 Å². The van der Waals surface area contributed by atoms with Crippen molar-refractivity contribution < 1.29 is 9.53 Å². The molecule has 92 valence electrons. The van der Waals surface area contributed by atoms with Gasteiger partial charge in [0.1, 0.15) is 0 Å². The van der Waals surface area contributed by atoms with Crippen molar-refractivity contribution in [1.29, 1.82) is 0 Å². The van der Waals surface area contributed by atoms with Crippen LogP contribution in [0.3, 0.4) is 0 Å². The number of amides is 1. The fourth-order valence-electron chi connectivity index (χ4n) is 2.50. The average Bonchev–Trinajstić information content (AvgIpc) is 2.33. The molecule has 2 rings (SSSR count). The van der Waals surface area contributed by atoms with Crippen molar-refractivity contribution in [3.05, 3.63) is 0 Å². The second kappa shape index (κ2) is 5.15. The Bertz CT molecular complexity index is 253. The van der Waals surface area contributed by atoms with Gasteiger partial charge in [0.2, 0.25) is 5.91 Å². The normalized spacial score (nSPS) is 35.8. The van der Waals surface area contributed by atoms with Gasteiger partial charge >= 0.3 is 0 Å². The van der Waals surface area contributed by atoms with E-state index in [1.54, 1.807) is 0 Å². The van der Waals surface area contributed by atoms with Crippen molar-refractivity contribution in [2.24, 2.45) is 0 Å². The Kier molecular flexibility index (Phi) is 3.82. The number of rotatable bonds is 3. The molecule has 0 aromatic carbocycles. The van der Waals surface area contributed by atoms with Crippen LogP contribution < -0.4 is 5.32 Å². The number of carbonyl (C=O) groups excluding carboxylic acids is 1. The lowest BCUT2D eigenvalue weighted by molar-refractivity contribution is -0.140. The summed E-state index contributed by atoms with van der Waals surface area (Å²) in [6.07, 6.45) is 4.57. The van der Waals surface area contributed by atoms with Crippen molar-refractivity contribution >= 4 is 5.91 Å². The number of nitrogens with one attached hydrogen (secondary N) is 1. The van der Waals surface area contributed by atoms with Gasteiger partial charge in [-0.1, -0.05) is 0 Å². The summed E-state index contributed by atoms with van der Waals surface area (Å²) in [4.78, 5) is 14.3. The molecule has 0 aromatic rings. The zero-order valence-corrected chi connectivity index (χ0v) is 10.2. The molecule has 0 aliphatic carbocycles. The summed E-state index contributed by atoms with van der Waals surface area (Å²) in [5.41, 5.74) is 0. The van der Waals surface area contributed by atoms with Gasteiger partial charge in [-0.2, -0.15) is 0 Å². The third-order valence-corrected chi connectivity index (χ3v) is 3.77. The predicted molar refractivity (Wildman–Crippen MR) is 62.2 cm³/mol. The summed E-state index contributed by atoms with van der Waals surface area (Å²) in [7, 11) is 1.87. The van der Waals surface area contributed by atoms with E-state index in [4.69, 9.17) is 4.74 Å². The molecule has 4 nitrogen and oxygen atoms in total. The van der Waals surface area contributed by atoms with E-state index in [-0.39, 0.29) is 18.1 Å². The monoisotopic (exact) mass is 226 g/mol. The van der Waals surface area contributed by atoms with E-state index in [0.29, 0.717) is 6.04 Å². The Balaban J connectivity index is 2.00. The first-order valence-electron chi connectivity index (χ1n) is 6.31. The Morgan fingerprint density at radius 3 is 2.75 bits per heavy atom. The lowest BCUT2D eigenvalue weighted by Crippen LogP contribution is -2.51. The molecule has 3 atom stereocenters. The molecule has 16 heavy (non-hydrogen) atoms. The number of likely N-dealkylation sites (N-methyl/N-ethyl adjacent to an activating group) is 1. The average molecular weight is 226 g/mol. The number of carbonyl (C=O) groups is 1. The third kappa shape index (κ3) is 2.38. The van der Waals surface area contributed by atoms with Crippen LogP contribution in [0.5, 0.6) is 0 Å². The van der Waals surface area contributed by atoms with Gasteiger partial charge in [-0.15, -0.1) is 0 Å². The summed E-state index contributed by atoms with van der Waals surface area (Å²) in [5.74, 6) is 0.253. The second-order valence-corrected chi connectivity index (χ2v) is 4.89. The van der Waals surface area contributed by atoms with Gasteiger partial charge < -0.3 is 15.0 Å². The minimum absolute atomic E-state index is 0.00465. The van der Waals surface area contributed by atoms with Crippen LogP contribution in [0.15, 0.2) is 0 Å². The molecule has 0 saturated carbocycles. The number of hydrogen-bond acceptors (Lipinski definition) is 3. The fourth-order valence-corrected chi connectivity index (χ4v) is 2.50. The SMILES string of the molecule is CNC1CCCC(C)N(CC2CCO2)C1=O. The zero-order chi connectivity index (χ0) is 11.5. The molecule has 2 aliphatic rings. The van der Waals surface area contributed by atoms with E-state index in [0.717, 1.165) is 38.8 Å². The molecule has 0 radical (unpaired) electrons. The third-order valence-electron chi connectivity index (χ3n) is 3.77. The number of hydrogen-bond donors (Lipinski definition) is 1. The lowest BCUT2D eigenvalue weighted by Gasteiger charge is -2.36. The van der Waals surface area contributed by atoms with E-state index < -0.39 is 0 Å². The van der Waals surface area contributed by atoms with Crippen LogP contribution in [0.2, 0.25) is 0 Å². The molecule has 2 aliphatic heterocycles. The van der Waals surface area contributed by atoms with Gasteiger partial charge in [-0.3, -0.25) is 4.79 Å². The quantitative estimate of drug-likeness (QED) is 0.772. The van der Waals surface area contributed by atoms with E-state index in [1.165, 1.54) is 0 Å². The summed E-state index contributed by atoms with van der Waals surface area (Å²) in [6.45, 7) is 3.78. The Morgan fingerprint density at radius 2 is 2.19 bits per heavy atom. The van der Waals surface area contributed by atoms with E-state index in [9.17, 15) is 4.79 Å². The maximum atomic E-state index is 12.3. The molecule has 1 amide bonds. The minimum atomic E-state index is 0.00465. The molecule has 2 saturated heterocycles. The molecule has 1 N–H and O–H groups in total. The molecule has 4 heteroatoms. The Labute approximate surface area is 97.3 Å². The summed E-state index contributed by atoms with van der Waals surface area (Å²) < 4.78 is 5.43. The number of likely N-dealkylation sites (tertiary alicyclic amines) is 1.